The molecule has 3 nitrogen and oxygen atoms in total. The van der Waals surface area contributed by atoms with E-state index in [4.69, 9.17) is 4.74 Å². The third-order valence-electron chi connectivity index (χ3n) is 2.82. The number of carbonyl (C=O) groups is 1. The molecule has 1 aromatic heterocycles. The second-order valence-electron chi connectivity index (χ2n) is 4.00. The van der Waals surface area contributed by atoms with Crippen LogP contribution in [0, 0.1) is 5.92 Å². The van der Waals surface area contributed by atoms with Crippen molar-refractivity contribution in [3.63, 3.8) is 0 Å². The minimum atomic E-state index is 0.166. The van der Waals surface area contributed by atoms with Gasteiger partial charge in [-0.05, 0) is 40.9 Å². The zero-order chi connectivity index (χ0) is 11.4. The van der Waals surface area contributed by atoms with Crippen LogP contribution in [0.15, 0.2) is 22.8 Å². The van der Waals surface area contributed by atoms with Crippen molar-refractivity contribution >= 4 is 21.7 Å². The predicted octanol–water partition coefficient (Wildman–Crippen LogP) is 2.38. The number of aromatic nitrogens is 1. The van der Waals surface area contributed by atoms with Gasteiger partial charge in [-0.3, -0.25) is 9.78 Å². The lowest BCUT2D eigenvalue weighted by Gasteiger charge is -2.20. The average molecular weight is 284 g/mol. The fraction of sp³-hybridized carbons (Fsp3) is 0.500. The Labute approximate surface area is 103 Å². The lowest BCUT2D eigenvalue weighted by Crippen LogP contribution is -2.24. The van der Waals surface area contributed by atoms with Gasteiger partial charge in [0.1, 0.15) is 5.78 Å². The number of hydrogen-bond donors (Lipinski definition) is 0. The van der Waals surface area contributed by atoms with Crippen molar-refractivity contribution in [3.05, 3.63) is 28.5 Å². The third-order valence-corrected chi connectivity index (χ3v) is 3.29. The Balaban J connectivity index is 1.93. The van der Waals surface area contributed by atoms with E-state index in [1.807, 2.05) is 12.1 Å². The highest BCUT2D eigenvalue weighted by molar-refractivity contribution is 9.10. The number of nitrogens with zero attached hydrogens (tertiary/aromatic N) is 1. The lowest BCUT2D eigenvalue weighted by atomic mass is 9.93. The van der Waals surface area contributed by atoms with Crippen LogP contribution >= 0.6 is 15.9 Å². The molecule has 0 amide bonds. The summed E-state index contributed by atoms with van der Waals surface area (Å²) >= 11 is 3.32. The van der Waals surface area contributed by atoms with E-state index in [0.717, 1.165) is 23.0 Å². The van der Waals surface area contributed by atoms with Gasteiger partial charge in [-0.2, -0.15) is 0 Å². The van der Waals surface area contributed by atoms with E-state index in [1.165, 1.54) is 0 Å². The number of pyridine rings is 1. The first-order chi connectivity index (χ1) is 7.75. The molecule has 0 N–H and O–H groups in total. The van der Waals surface area contributed by atoms with E-state index in [1.54, 1.807) is 6.20 Å². The topological polar surface area (TPSA) is 39.2 Å². The molecule has 0 spiro atoms. The number of hydrogen-bond acceptors (Lipinski definition) is 3. The Bertz CT molecular complexity index is 358. The van der Waals surface area contributed by atoms with Crippen LogP contribution in [0.25, 0.3) is 0 Å². The van der Waals surface area contributed by atoms with Crippen LogP contribution in [-0.4, -0.2) is 24.0 Å². The number of ketones is 1. The minimum absolute atomic E-state index is 0.166. The Morgan fingerprint density at radius 3 is 2.81 bits per heavy atom. The summed E-state index contributed by atoms with van der Waals surface area (Å²) in [5.41, 5.74) is 0.847. The first-order valence-electron chi connectivity index (χ1n) is 5.46. The smallest absolute Gasteiger partial charge is 0.142 e. The number of Topliss-reactive ketones (excluding diaryl/α,β-unsaturated/α-hetero) is 1. The maximum Gasteiger partial charge on any atom is 0.142 e. The first kappa shape index (κ1) is 11.7. The van der Waals surface area contributed by atoms with Crippen molar-refractivity contribution in [2.45, 2.75) is 19.3 Å². The van der Waals surface area contributed by atoms with Crippen molar-refractivity contribution in [2.24, 2.45) is 5.92 Å². The maximum absolute atomic E-state index is 11.9. The van der Waals surface area contributed by atoms with E-state index in [9.17, 15) is 4.79 Å². The maximum atomic E-state index is 11.9. The number of carbonyl (C=O) groups excluding carboxylic acids is 1. The summed E-state index contributed by atoms with van der Waals surface area (Å²) in [4.78, 5) is 16.2. The molecule has 1 aromatic rings. The Morgan fingerprint density at radius 1 is 1.44 bits per heavy atom. The molecule has 0 aromatic carbocycles. The van der Waals surface area contributed by atoms with Crippen LogP contribution in [0.5, 0.6) is 0 Å². The van der Waals surface area contributed by atoms with Gasteiger partial charge < -0.3 is 4.74 Å². The van der Waals surface area contributed by atoms with Crippen molar-refractivity contribution in [1.29, 1.82) is 0 Å². The molecule has 1 fully saturated rings. The summed E-state index contributed by atoms with van der Waals surface area (Å²) in [7, 11) is 0. The van der Waals surface area contributed by atoms with Gasteiger partial charge in [0.05, 0.1) is 0 Å². The van der Waals surface area contributed by atoms with E-state index in [-0.39, 0.29) is 11.7 Å². The second kappa shape index (κ2) is 5.55. The van der Waals surface area contributed by atoms with E-state index in [2.05, 4.69) is 20.9 Å². The quantitative estimate of drug-likeness (QED) is 0.855. The highest BCUT2D eigenvalue weighted by Crippen LogP contribution is 2.18. The highest BCUT2D eigenvalue weighted by Gasteiger charge is 2.21. The van der Waals surface area contributed by atoms with Crippen LogP contribution in [0.3, 0.4) is 0 Å². The Hall–Kier alpha value is -0.740. The Morgan fingerprint density at radius 2 is 2.19 bits per heavy atom. The molecule has 1 aliphatic rings. The standard InChI is InChI=1S/C12H14BrNO2/c13-10-1-2-11(14-8-10)7-12(15)9-3-5-16-6-4-9/h1-2,8-9H,3-7H2. The minimum Gasteiger partial charge on any atom is -0.381 e. The van der Waals surface area contributed by atoms with Gasteiger partial charge in [0, 0.05) is 41.9 Å². The highest BCUT2D eigenvalue weighted by atomic mass is 79.9. The molecule has 2 rings (SSSR count). The molecule has 0 atom stereocenters. The van der Waals surface area contributed by atoms with Gasteiger partial charge >= 0.3 is 0 Å². The number of rotatable bonds is 3. The van der Waals surface area contributed by atoms with Crippen molar-refractivity contribution < 1.29 is 9.53 Å². The summed E-state index contributed by atoms with van der Waals surface area (Å²) in [6.07, 6.45) is 3.88. The van der Waals surface area contributed by atoms with Gasteiger partial charge in [-0.15, -0.1) is 0 Å². The summed E-state index contributed by atoms with van der Waals surface area (Å²) in [5, 5.41) is 0. The molecular weight excluding hydrogens is 270 g/mol. The summed E-state index contributed by atoms with van der Waals surface area (Å²) < 4.78 is 6.18. The second-order valence-corrected chi connectivity index (χ2v) is 4.91. The SMILES string of the molecule is O=C(Cc1ccc(Br)cn1)C1CCOCC1. The van der Waals surface area contributed by atoms with Gasteiger partial charge in [0.15, 0.2) is 0 Å². The van der Waals surface area contributed by atoms with Crippen molar-refractivity contribution in [1.82, 2.24) is 4.98 Å². The molecule has 1 saturated heterocycles. The van der Waals surface area contributed by atoms with Gasteiger partial charge in [0.25, 0.3) is 0 Å². The Kier molecular flexibility index (Phi) is 4.07. The fourth-order valence-electron chi connectivity index (χ4n) is 1.85. The van der Waals surface area contributed by atoms with Gasteiger partial charge in [-0.1, -0.05) is 0 Å². The summed E-state index contributed by atoms with van der Waals surface area (Å²) in [5.74, 6) is 0.456. The molecule has 0 bridgehead atoms. The largest absolute Gasteiger partial charge is 0.381 e. The molecule has 0 saturated carbocycles. The van der Waals surface area contributed by atoms with Crippen molar-refractivity contribution in [3.8, 4) is 0 Å². The van der Waals surface area contributed by atoms with Gasteiger partial charge in [-0.25, -0.2) is 0 Å². The fourth-order valence-corrected chi connectivity index (χ4v) is 2.09. The van der Waals surface area contributed by atoms with Crippen LogP contribution in [-0.2, 0) is 16.0 Å². The van der Waals surface area contributed by atoms with E-state index < -0.39 is 0 Å². The molecule has 4 heteroatoms. The van der Waals surface area contributed by atoms with Crippen LogP contribution in [0.1, 0.15) is 18.5 Å². The zero-order valence-corrected chi connectivity index (χ0v) is 10.6. The monoisotopic (exact) mass is 283 g/mol. The molecule has 0 radical (unpaired) electrons. The van der Waals surface area contributed by atoms with Crippen LogP contribution < -0.4 is 0 Å². The summed E-state index contributed by atoms with van der Waals surface area (Å²) in [6.45, 7) is 1.42. The molecule has 1 aliphatic heterocycles. The van der Waals surface area contributed by atoms with E-state index in [0.29, 0.717) is 19.6 Å². The normalized spacial score (nSPS) is 17.3. The molecular formula is C12H14BrNO2. The van der Waals surface area contributed by atoms with Crippen LogP contribution in [0.4, 0.5) is 0 Å². The number of halogens is 1. The average Bonchev–Trinajstić information content (AvgIpc) is 2.33. The molecule has 16 heavy (non-hydrogen) atoms. The summed E-state index contributed by atoms with van der Waals surface area (Å²) in [6, 6.07) is 3.81. The third kappa shape index (κ3) is 3.12. The predicted molar refractivity (Wildman–Crippen MR) is 64.2 cm³/mol. The zero-order valence-electron chi connectivity index (χ0n) is 8.99. The lowest BCUT2D eigenvalue weighted by molar-refractivity contribution is -0.125. The number of ether oxygens (including phenoxy) is 1. The molecule has 86 valence electrons. The van der Waals surface area contributed by atoms with E-state index >= 15 is 0 Å². The van der Waals surface area contributed by atoms with Gasteiger partial charge in [0.2, 0.25) is 0 Å². The molecule has 0 aliphatic carbocycles. The van der Waals surface area contributed by atoms with Crippen LogP contribution in [0.2, 0.25) is 0 Å². The molecule has 0 unspecified atom stereocenters. The molecule has 2 heterocycles. The first-order valence-corrected chi connectivity index (χ1v) is 6.26. The van der Waals surface area contributed by atoms with Crippen molar-refractivity contribution in [2.75, 3.05) is 13.2 Å².